The summed E-state index contributed by atoms with van der Waals surface area (Å²) in [5.74, 6) is -0.171. The number of fused-ring (bicyclic) bond motifs is 1. The number of nitrogens with zero attached hydrogens (tertiary/aromatic N) is 3. The van der Waals surface area contributed by atoms with E-state index in [0.29, 0.717) is 34.7 Å². The van der Waals surface area contributed by atoms with E-state index in [2.05, 4.69) is 9.97 Å². The molecule has 2 aromatic rings. The Morgan fingerprint density at radius 1 is 1.33 bits per heavy atom. The largest absolute Gasteiger partial charge is 0.327 e. The molecule has 1 aliphatic heterocycles. The molecule has 5 nitrogen and oxygen atoms in total. The van der Waals surface area contributed by atoms with Gasteiger partial charge in [-0.3, -0.25) is 4.79 Å². The Labute approximate surface area is 130 Å². The maximum absolute atomic E-state index is 12.2. The van der Waals surface area contributed by atoms with Gasteiger partial charge < -0.3 is 9.69 Å². The smallest absolute Gasteiger partial charge is 0.254 e. The number of benzene rings is 1. The normalized spacial score (nSPS) is 13.4. The lowest BCUT2D eigenvalue weighted by molar-refractivity contribution is -0.108. The third-order valence-corrected chi connectivity index (χ3v) is 3.73. The molecule has 21 heavy (non-hydrogen) atoms. The molecule has 3 rings (SSSR count). The van der Waals surface area contributed by atoms with Crippen LogP contribution in [0, 0.1) is 0 Å². The van der Waals surface area contributed by atoms with Crippen molar-refractivity contribution in [3.05, 3.63) is 45.8 Å². The molecule has 0 aliphatic carbocycles. The Kier molecular flexibility index (Phi) is 3.61. The summed E-state index contributed by atoms with van der Waals surface area (Å²) < 4.78 is 0. The van der Waals surface area contributed by atoms with E-state index in [1.807, 2.05) is 12.1 Å². The minimum atomic E-state index is -0.171. The van der Waals surface area contributed by atoms with E-state index >= 15 is 0 Å². The van der Waals surface area contributed by atoms with Crippen molar-refractivity contribution in [1.82, 2.24) is 14.9 Å². The van der Waals surface area contributed by atoms with Crippen LogP contribution in [0.25, 0.3) is 11.3 Å². The number of hydrogen-bond acceptors (Lipinski definition) is 4. The van der Waals surface area contributed by atoms with Crippen molar-refractivity contribution in [2.75, 3.05) is 6.54 Å². The molecule has 0 unspecified atom stereocenters. The topological polar surface area (TPSA) is 63.2 Å². The van der Waals surface area contributed by atoms with E-state index in [1.165, 1.54) is 11.1 Å². The molecule has 1 aromatic carbocycles. The molecule has 0 spiro atoms. The third-order valence-electron chi connectivity index (χ3n) is 3.27. The van der Waals surface area contributed by atoms with Crippen LogP contribution in [0.15, 0.2) is 24.4 Å². The average Bonchev–Trinajstić information content (AvgIpc) is 2.78. The van der Waals surface area contributed by atoms with E-state index in [4.69, 9.17) is 23.2 Å². The highest BCUT2D eigenvalue weighted by Gasteiger charge is 2.27. The first-order valence-corrected chi connectivity index (χ1v) is 6.90. The van der Waals surface area contributed by atoms with Crippen LogP contribution in [-0.2, 0) is 11.3 Å². The Balaban J connectivity index is 2.04. The van der Waals surface area contributed by atoms with E-state index in [0.717, 1.165) is 5.56 Å². The van der Waals surface area contributed by atoms with Crippen LogP contribution < -0.4 is 0 Å². The Bertz CT molecular complexity index is 749. The van der Waals surface area contributed by atoms with Crippen molar-refractivity contribution in [3.8, 4) is 11.3 Å². The van der Waals surface area contributed by atoms with Gasteiger partial charge in [-0.15, -0.1) is 0 Å². The molecule has 1 amide bonds. The van der Waals surface area contributed by atoms with E-state index < -0.39 is 0 Å². The van der Waals surface area contributed by atoms with Crippen molar-refractivity contribution < 1.29 is 9.59 Å². The lowest BCUT2D eigenvalue weighted by atomic mass is 10.0. The molecule has 0 radical (unpaired) electrons. The summed E-state index contributed by atoms with van der Waals surface area (Å²) in [6.45, 7) is 0.522. The molecular formula is C14H9Cl2N3O2. The molecule has 0 bridgehead atoms. The van der Waals surface area contributed by atoms with Crippen LogP contribution in [-0.4, -0.2) is 33.6 Å². The van der Waals surface area contributed by atoms with Gasteiger partial charge in [-0.2, -0.15) is 0 Å². The maximum atomic E-state index is 12.2. The van der Waals surface area contributed by atoms with Gasteiger partial charge >= 0.3 is 0 Å². The van der Waals surface area contributed by atoms with Crippen LogP contribution >= 0.6 is 23.2 Å². The molecular weight excluding hydrogens is 313 g/mol. The van der Waals surface area contributed by atoms with Crippen LogP contribution in [0.2, 0.25) is 10.3 Å². The predicted octanol–water partition coefficient (Wildman–Crippen LogP) is 2.61. The molecule has 1 aliphatic rings. The fourth-order valence-electron chi connectivity index (χ4n) is 2.29. The standard InChI is InChI=1S/C14H9Cl2N3O2/c15-11-6-17-14(16)18-12(11)8-1-2-9-7-19(3-4-20)13(21)10(9)5-8/h1-2,4-6H,3,7H2. The van der Waals surface area contributed by atoms with Gasteiger partial charge in [-0.25, -0.2) is 9.97 Å². The van der Waals surface area contributed by atoms with E-state index in [1.54, 1.807) is 6.07 Å². The number of aromatic nitrogens is 2. The number of carbonyl (C=O) groups is 2. The van der Waals surface area contributed by atoms with Gasteiger partial charge in [-0.05, 0) is 23.2 Å². The second kappa shape index (κ2) is 5.42. The predicted molar refractivity (Wildman–Crippen MR) is 78.3 cm³/mol. The summed E-state index contributed by atoms with van der Waals surface area (Å²) in [4.78, 5) is 32.2. The Morgan fingerprint density at radius 3 is 2.90 bits per heavy atom. The zero-order chi connectivity index (χ0) is 15.0. The first-order valence-electron chi connectivity index (χ1n) is 6.14. The highest BCUT2D eigenvalue weighted by Crippen LogP contribution is 2.31. The monoisotopic (exact) mass is 321 g/mol. The number of hydrogen-bond donors (Lipinski definition) is 0. The summed E-state index contributed by atoms with van der Waals surface area (Å²) in [6.07, 6.45) is 2.13. The molecule has 0 fully saturated rings. The summed E-state index contributed by atoms with van der Waals surface area (Å²) in [6, 6.07) is 5.37. The highest BCUT2D eigenvalue weighted by molar-refractivity contribution is 6.33. The number of rotatable bonds is 3. The second-order valence-corrected chi connectivity index (χ2v) is 5.31. The first kappa shape index (κ1) is 14.0. The van der Waals surface area contributed by atoms with Gasteiger partial charge in [-0.1, -0.05) is 23.7 Å². The average molecular weight is 322 g/mol. The first-order chi connectivity index (χ1) is 10.1. The molecule has 7 heteroatoms. The minimum absolute atomic E-state index is 0.0862. The van der Waals surface area contributed by atoms with E-state index in [9.17, 15) is 9.59 Å². The molecule has 0 saturated carbocycles. The van der Waals surface area contributed by atoms with Gasteiger partial charge in [0.15, 0.2) is 0 Å². The number of amides is 1. The molecule has 1 aromatic heterocycles. The maximum Gasteiger partial charge on any atom is 0.254 e. The summed E-state index contributed by atoms with van der Waals surface area (Å²) in [5.41, 5.74) is 2.59. The number of aldehydes is 1. The van der Waals surface area contributed by atoms with E-state index in [-0.39, 0.29) is 17.7 Å². The molecule has 106 valence electrons. The fourth-order valence-corrected chi connectivity index (χ4v) is 2.63. The van der Waals surface area contributed by atoms with Crippen molar-refractivity contribution in [2.45, 2.75) is 6.54 Å². The Morgan fingerprint density at radius 2 is 2.14 bits per heavy atom. The van der Waals surface area contributed by atoms with Crippen molar-refractivity contribution in [1.29, 1.82) is 0 Å². The van der Waals surface area contributed by atoms with Crippen LogP contribution in [0.5, 0.6) is 0 Å². The highest BCUT2D eigenvalue weighted by atomic mass is 35.5. The minimum Gasteiger partial charge on any atom is -0.327 e. The van der Waals surface area contributed by atoms with Crippen LogP contribution in [0.1, 0.15) is 15.9 Å². The number of carbonyl (C=O) groups excluding carboxylic acids is 2. The van der Waals surface area contributed by atoms with Gasteiger partial charge in [0.05, 0.1) is 23.5 Å². The second-order valence-electron chi connectivity index (χ2n) is 4.56. The van der Waals surface area contributed by atoms with Crippen LogP contribution in [0.4, 0.5) is 0 Å². The van der Waals surface area contributed by atoms with Crippen LogP contribution in [0.3, 0.4) is 0 Å². The fraction of sp³-hybridized carbons (Fsp3) is 0.143. The molecule has 0 saturated heterocycles. The number of halogens is 2. The quantitative estimate of drug-likeness (QED) is 0.644. The lowest BCUT2D eigenvalue weighted by Crippen LogP contribution is -2.25. The lowest BCUT2D eigenvalue weighted by Gasteiger charge is -2.09. The zero-order valence-electron chi connectivity index (χ0n) is 10.7. The van der Waals surface area contributed by atoms with Crippen molar-refractivity contribution >= 4 is 35.4 Å². The molecule has 0 N–H and O–H groups in total. The third kappa shape index (κ3) is 2.50. The van der Waals surface area contributed by atoms with Gasteiger partial charge in [0, 0.05) is 17.7 Å². The molecule has 0 atom stereocenters. The van der Waals surface area contributed by atoms with Crippen molar-refractivity contribution in [2.24, 2.45) is 0 Å². The Hall–Kier alpha value is -1.98. The SMILES string of the molecule is O=CCN1Cc2ccc(-c3nc(Cl)ncc3Cl)cc2C1=O. The van der Waals surface area contributed by atoms with Gasteiger partial charge in [0.25, 0.3) is 5.91 Å². The molecule has 2 heterocycles. The van der Waals surface area contributed by atoms with Crippen molar-refractivity contribution in [3.63, 3.8) is 0 Å². The summed E-state index contributed by atoms with van der Waals surface area (Å²) in [7, 11) is 0. The summed E-state index contributed by atoms with van der Waals surface area (Å²) >= 11 is 11.9. The zero-order valence-corrected chi connectivity index (χ0v) is 12.2. The van der Waals surface area contributed by atoms with Gasteiger partial charge in [0.1, 0.15) is 6.29 Å². The van der Waals surface area contributed by atoms with Gasteiger partial charge in [0.2, 0.25) is 5.28 Å². The summed E-state index contributed by atoms with van der Waals surface area (Å²) in [5, 5.41) is 0.443.